The number of aliphatic hydroxyl groups is 2. The number of carbonyl (C=O) groups is 2. The van der Waals surface area contributed by atoms with Crippen LogP contribution in [0.2, 0.25) is 0 Å². The van der Waals surface area contributed by atoms with Crippen LogP contribution in [0.25, 0.3) is 11.1 Å². The number of rotatable bonds is 12. The zero-order valence-electron chi connectivity index (χ0n) is 24.8. The lowest BCUT2D eigenvalue weighted by molar-refractivity contribution is -0.181. The van der Waals surface area contributed by atoms with Crippen LogP contribution in [0, 0.1) is 5.92 Å². The number of anilines is 1. The van der Waals surface area contributed by atoms with Crippen molar-refractivity contribution in [2.75, 3.05) is 70.4 Å². The van der Waals surface area contributed by atoms with Crippen molar-refractivity contribution in [3.8, 4) is 16.9 Å². The molecule has 0 bridgehead atoms. The Balaban J connectivity index is 1.61. The van der Waals surface area contributed by atoms with E-state index in [9.17, 15) is 19.8 Å². The molecule has 0 radical (unpaired) electrons. The fourth-order valence-electron chi connectivity index (χ4n) is 5.66. The Morgan fingerprint density at radius 3 is 2.60 bits per heavy atom. The highest BCUT2D eigenvalue weighted by Gasteiger charge is 2.48. The van der Waals surface area contributed by atoms with Crippen molar-refractivity contribution >= 4 is 29.3 Å². The highest BCUT2D eigenvalue weighted by Crippen LogP contribution is 2.38. The fraction of sp³-hybridized carbons (Fsp3) is 0.533. The van der Waals surface area contributed by atoms with E-state index in [0.717, 1.165) is 48.0 Å². The standard InChI is InChI=1S/C30H43N5O6S/c1-19(37)26-25(18-36)41-35(27(26)29(31)38)17-20-6-5-7-24(28(20)40-4)21-14-22(16-23(15-21)33(2)3)30(39)32-8-9-34-10-12-42-13-11-34/h5-7,14-16,19,25-27,36-37H,8-13,17-18H2,1-4H3,(H2,31,38)(H,32,39)/t19-,25-,26-,27-/m0/s1. The summed E-state index contributed by atoms with van der Waals surface area (Å²) in [5, 5.41) is 24.7. The molecule has 11 nitrogen and oxygen atoms in total. The topological polar surface area (TPSA) is 141 Å². The van der Waals surface area contributed by atoms with E-state index in [0.29, 0.717) is 23.4 Å². The normalized spacial score (nSPS) is 22.1. The number of nitrogens with zero attached hydrogens (tertiary/aromatic N) is 3. The van der Waals surface area contributed by atoms with Crippen LogP contribution in [0.3, 0.4) is 0 Å². The molecule has 0 aromatic heterocycles. The second-order valence-electron chi connectivity index (χ2n) is 10.9. The van der Waals surface area contributed by atoms with Gasteiger partial charge in [0.2, 0.25) is 5.91 Å². The third-order valence-electron chi connectivity index (χ3n) is 7.85. The summed E-state index contributed by atoms with van der Waals surface area (Å²) in [5.74, 6) is 1.32. The van der Waals surface area contributed by atoms with Crippen molar-refractivity contribution in [2.45, 2.75) is 31.7 Å². The minimum absolute atomic E-state index is 0.125. The highest BCUT2D eigenvalue weighted by molar-refractivity contribution is 7.99. The van der Waals surface area contributed by atoms with E-state index in [1.54, 1.807) is 14.0 Å². The lowest BCUT2D eigenvalue weighted by atomic mass is 9.89. The molecular formula is C30H43N5O6S. The number of benzene rings is 2. The molecule has 5 N–H and O–H groups in total. The van der Waals surface area contributed by atoms with E-state index < -0.39 is 30.1 Å². The van der Waals surface area contributed by atoms with Crippen molar-refractivity contribution in [3.63, 3.8) is 0 Å². The van der Waals surface area contributed by atoms with Crippen molar-refractivity contribution < 1.29 is 29.4 Å². The first-order valence-electron chi connectivity index (χ1n) is 14.2. The molecular weight excluding hydrogens is 558 g/mol. The van der Waals surface area contributed by atoms with Gasteiger partial charge in [0, 0.05) is 80.1 Å². The van der Waals surface area contributed by atoms with Crippen molar-refractivity contribution in [1.82, 2.24) is 15.3 Å². The molecule has 4 rings (SSSR count). The minimum atomic E-state index is -0.938. The summed E-state index contributed by atoms with van der Waals surface area (Å²) in [6, 6.07) is 10.4. The van der Waals surface area contributed by atoms with Gasteiger partial charge in [0.25, 0.3) is 5.91 Å². The van der Waals surface area contributed by atoms with Gasteiger partial charge in [-0.25, -0.2) is 0 Å². The molecule has 0 aliphatic carbocycles. The number of para-hydroxylation sites is 1. The molecule has 2 aliphatic heterocycles. The van der Waals surface area contributed by atoms with Gasteiger partial charge in [0.05, 0.1) is 26.4 Å². The summed E-state index contributed by atoms with van der Waals surface area (Å²) in [6.45, 7) is 4.78. The summed E-state index contributed by atoms with van der Waals surface area (Å²) in [6.07, 6.45) is -1.70. The zero-order chi connectivity index (χ0) is 30.4. The number of nitrogens with one attached hydrogen (secondary N) is 1. The molecule has 2 aliphatic rings. The highest BCUT2D eigenvalue weighted by atomic mass is 32.2. The van der Waals surface area contributed by atoms with E-state index in [1.807, 2.05) is 67.2 Å². The summed E-state index contributed by atoms with van der Waals surface area (Å²) < 4.78 is 5.88. The molecule has 0 saturated carbocycles. The summed E-state index contributed by atoms with van der Waals surface area (Å²) in [5.41, 5.74) is 9.39. The average Bonchev–Trinajstić information content (AvgIpc) is 3.36. The minimum Gasteiger partial charge on any atom is -0.496 e. The number of carbonyl (C=O) groups excluding carboxylic acids is 2. The van der Waals surface area contributed by atoms with Crippen LogP contribution in [0.1, 0.15) is 22.8 Å². The summed E-state index contributed by atoms with van der Waals surface area (Å²) >= 11 is 1.96. The molecule has 0 spiro atoms. The number of amides is 2. The number of methoxy groups -OCH3 is 1. The predicted molar refractivity (Wildman–Crippen MR) is 165 cm³/mol. The van der Waals surface area contributed by atoms with Gasteiger partial charge in [-0.1, -0.05) is 18.2 Å². The molecule has 2 saturated heterocycles. The zero-order valence-corrected chi connectivity index (χ0v) is 25.6. The number of ether oxygens (including phenoxy) is 1. The van der Waals surface area contributed by atoms with Crippen LogP contribution in [0.5, 0.6) is 5.75 Å². The SMILES string of the molecule is COc1c(CN2O[C@@H](CO)[C@H]([C@H](C)O)[C@H]2C(N)=O)cccc1-c1cc(C(=O)NCCN2CCSCC2)cc(N(C)C)c1. The van der Waals surface area contributed by atoms with Crippen LogP contribution in [0.15, 0.2) is 36.4 Å². The molecule has 2 fully saturated rings. The molecule has 2 aromatic rings. The number of nitrogens with two attached hydrogens (primary N) is 1. The second kappa shape index (κ2) is 14.5. The number of hydroxylamine groups is 2. The third-order valence-corrected chi connectivity index (χ3v) is 8.80. The Hall–Kier alpha value is -2.87. The lowest BCUT2D eigenvalue weighted by Crippen LogP contribution is -2.47. The Morgan fingerprint density at radius 1 is 1.24 bits per heavy atom. The van der Waals surface area contributed by atoms with Gasteiger partial charge in [0.15, 0.2) is 0 Å². The molecule has 2 aromatic carbocycles. The first-order chi connectivity index (χ1) is 20.1. The number of hydrogen-bond donors (Lipinski definition) is 4. The summed E-state index contributed by atoms with van der Waals surface area (Å²) in [4.78, 5) is 35.9. The van der Waals surface area contributed by atoms with Crippen LogP contribution in [-0.2, 0) is 16.2 Å². The van der Waals surface area contributed by atoms with Crippen LogP contribution in [-0.4, -0.2) is 116 Å². The molecule has 0 unspecified atom stereocenters. The number of thioether (sulfide) groups is 1. The largest absolute Gasteiger partial charge is 0.496 e. The maximum atomic E-state index is 13.2. The van der Waals surface area contributed by atoms with Crippen molar-refractivity contribution in [3.05, 3.63) is 47.5 Å². The smallest absolute Gasteiger partial charge is 0.251 e. The third kappa shape index (κ3) is 7.36. The monoisotopic (exact) mass is 601 g/mol. The van der Waals surface area contributed by atoms with Gasteiger partial charge in [0.1, 0.15) is 17.9 Å². The van der Waals surface area contributed by atoms with Crippen molar-refractivity contribution in [1.29, 1.82) is 0 Å². The lowest BCUT2D eigenvalue weighted by Gasteiger charge is -2.26. The molecule has 2 heterocycles. The van der Waals surface area contributed by atoms with E-state index in [2.05, 4.69) is 10.2 Å². The van der Waals surface area contributed by atoms with E-state index >= 15 is 0 Å². The van der Waals surface area contributed by atoms with Crippen LogP contribution >= 0.6 is 11.8 Å². The molecule has 4 atom stereocenters. The molecule has 12 heteroatoms. The van der Waals surface area contributed by atoms with E-state index in [-0.39, 0.29) is 19.1 Å². The maximum Gasteiger partial charge on any atom is 0.251 e. The van der Waals surface area contributed by atoms with Gasteiger partial charge >= 0.3 is 0 Å². The van der Waals surface area contributed by atoms with Gasteiger partial charge in [-0.15, -0.1) is 0 Å². The van der Waals surface area contributed by atoms with E-state index in [4.69, 9.17) is 15.3 Å². The van der Waals surface area contributed by atoms with Gasteiger partial charge < -0.3 is 30.9 Å². The van der Waals surface area contributed by atoms with E-state index in [1.165, 1.54) is 5.06 Å². The fourth-order valence-corrected chi connectivity index (χ4v) is 6.64. The Morgan fingerprint density at radius 2 is 1.98 bits per heavy atom. The second-order valence-corrected chi connectivity index (χ2v) is 12.2. The Labute approximate surface area is 251 Å². The number of hydrogen-bond acceptors (Lipinski definition) is 10. The Kier molecular flexibility index (Phi) is 11.1. The molecule has 2 amide bonds. The average molecular weight is 602 g/mol. The van der Waals surface area contributed by atoms with Gasteiger partial charge in [-0.2, -0.15) is 16.8 Å². The van der Waals surface area contributed by atoms with Gasteiger partial charge in [-0.3, -0.25) is 19.3 Å². The van der Waals surface area contributed by atoms with Crippen LogP contribution in [0.4, 0.5) is 5.69 Å². The number of aliphatic hydroxyl groups excluding tert-OH is 2. The first-order valence-corrected chi connectivity index (χ1v) is 15.4. The summed E-state index contributed by atoms with van der Waals surface area (Å²) in [7, 11) is 5.41. The predicted octanol–water partition coefficient (Wildman–Crippen LogP) is 1.17. The first kappa shape index (κ1) is 32.1. The quantitative estimate of drug-likeness (QED) is 0.280. The molecule has 230 valence electrons. The molecule has 42 heavy (non-hydrogen) atoms. The van der Waals surface area contributed by atoms with Gasteiger partial charge in [-0.05, 0) is 30.7 Å². The Bertz CT molecular complexity index is 1240. The van der Waals surface area contributed by atoms with Crippen molar-refractivity contribution in [2.24, 2.45) is 11.7 Å². The van der Waals surface area contributed by atoms with Crippen LogP contribution < -0.4 is 20.7 Å². The number of primary amides is 1. The maximum absolute atomic E-state index is 13.2.